The first-order valence-corrected chi connectivity index (χ1v) is 7.93. The van der Waals surface area contributed by atoms with Crippen LogP contribution in [0.3, 0.4) is 0 Å². The highest BCUT2D eigenvalue weighted by Crippen LogP contribution is 2.25. The first kappa shape index (κ1) is 16.0. The molecule has 2 heterocycles. The number of rotatable bonds is 5. The van der Waals surface area contributed by atoms with Gasteiger partial charge in [0.25, 0.3) is 0 Å². The molecule has 1 aliphatic heterocycles. The molecule has 0 N–H and O–H groups in total. The summed E-state index contributed by atoms with van der Waals surface area (Å²) in [6.07, 6.45) is 8.18. The molecular formula is C17H26N2O2. The topological polar surface area (TPSA) is 42.4 Å². The predicted octanol–water partition coefficient (Wildman–Crippen LogP) is 3.32. The van der Waals surface area contributed by atoms with Crippen molar-refractivity contribution in [2.75, 3.05) is 19.7 Å². The van der Waals surface area contributed by atoms with Crippen LogP contribution in [0.25, 0.3) is 0 Å². The van der Waals surface area contributed by atoms with E-state index < -0.39 is 5.54 Å². The smallest absolute Gasteiger partial charge is 0.184 e. The number of carbonyl (C=O) groups excluding carboxylic acids is 1. The maximum absolute atomic E-state index is 12.9. The molecule has 0 unspecified atom stereocenters. The zero-order valence-corrected chi connectivity index (χ0v) is 13.4. The Morgan fingerprint density at radius 3 is 2.52 bits per heavy atom. The molecule has 0 aromatic carbocycles. The molecule has 2 rings (SSSR count). The van der Waals surface area contributed by atoms with E-state index in [2.05, 4.69) is 9.88 Å². The second-order valence-electron chi connectivity index (χ2n) is 6.13. The van der Waals surface area contributed by atoms with Gasteiger partial charge in [-0.1, -0.05) is 12.8 Å². The lowest BCUT2D eigenvalue weighted by Gasteiger charge is -2.36. The van der Waals surface area contributed by atoms with Crippen molar-refractivity contribution in [3.63, 3.8) is 0 Å². The van der Waals surface area contributed by atoms with Gasteiger partial charge >= 0.3 is 0 Å². The molecule has 4 nitrogen and oxygen atoms in total. The molecule has 21 heavy (non-hydrogen) atoms. The number of hydrogen-bond acceptors (Lipinski definition) is 4. The summed E-state index contributed by atoms with van der Waals surface area (Å²) in [5.41, 5.74) is 0.145. The highest BCUT2D eigenvalue weighted by molar-refractivity contribution is 6.02. The Labute approximate surface area is 127 Å². The molecule has 4 heteroatoms. The Hall–Kier alpha value is -1.42. The van der Waals surface area contributed by atoms with Crippen molar-refractivity contribution in [3.05, 3.63) is 24.0 Å². The number of carbonyl (C=O) groups is 1. The third-order valence-electron chi connectivity index (χ3n) is 4.24. The summed E-state index contributed by atoms with van der Waals surface area (Å²) in [7, 11) is 0. The van der Waals surface area contributed by atoms with Crippen LogP contribution in [-0.2, 0) is 0 Å². The van der Waals surface area contributed by atoms with Crippen LogP contribution in [-0.4, -0.2) is 40.9 Å². The van der Waals surface area contributed by atoms with E-state index in [1.165, 1.54) is 25.7 Å². The van der Waals surface area contributed by atoms with Gasteiger partial charge < -0.3 is 4.74 Å². The van der Waals surface area contributed by atoms with Crippen molar-refractivity contribution < 1.29 is 9.53 Å². The lowest BCUT2D eigenvalue weighted by Crippen LogP contribution is -2.50. The summed E-state index contributed by atoms with van der Waals surface area (Å²) in [5, 5.41) is 0. The molecular weight excluding hydrogens is 264 g/mol. The summed E-state index contributed by atoms with van der Waals surface area (Å²) >= 11 is 0. The Morgan fingerprint density at radius 1 is 1.24 bits per heavy atom. The highest BCUT2D eigenvalue weighted by atomic mass is 16.5. The van der Waals surface area contributed by atoms with E-state index in [1.807, 2.05) is 20.8 Å². The molecule has 0 radical (unpaired) electrons. The summed E-state index contributed by atoms with van der Waals surface area (Å²) in [6.45, 7) is 8.54. The normalized spacial score (nSPS) is 17.3. The van der Waals surface area contributed by atoms with E-state index in [4.69, 9.17) is 4.74 Å². The van der Waals surface area contributed by atoms with Gasteiger partial charge in [-0.3, -0.25) is 14.7 Å². The molecule has 1 fully saturated rings. The van der Waals surface area contributed by atoms with Crippen molar-refractivity contribution in [3.8, 4) is 5.75 Å². The van der Waals surface area contributed by atoms with E-state index in [0.717, 1.165) is 13.1 Å². The second-order valence-corrected chi connectivity index (χ2v) is 6.13. The number of hydrogen-bond donors (Lipinski definition) is 0. The van der Waals surface area contributed by atoms with Gasteiger partial charge in [0.1, 0.15) is 5.75 Å². The largest absolute Gasteiger partial charge is 0.492 e. The first-order valence-electron chi connectivity index (χ1n) is 7.93. The summed E-state index contributed by atoms with van der Waals surface area (Å²) in [4.78, 5) is 19.3. The van der Waals surface area contributed by atoms with Gasteiger partial charge in [0.2, 0.25) is 0 Å². The van der Waals surface area contributed by atoms with Crippen LogP contribution in [0.4, 0.5) is 0 Å². The van der Waals surface area contributed by atoms with E-state index in [9.17, 15) is 4.79 Å². The Morgan fingerprint density at radius 2 is 1.90 bits per heavy atom. The molecule has 0 bridgehead atoms. The van der Waals surface area contributed by atoms with E-state index in [-0.39, 0.29) is 5.78 Å². The molecule has 0 atom stereocenters. The van der Waals surface area contributed by atoms with Crippen molar-refractivity contribution in [2.24, 2.45) is 0 Å². The minimum atomic E-state index is -0.489. The Kier molecular flexibility index (Phi) is 5.34. The Bertz CT molecular complexity index is 477. The number of Topliss-reactive ketones (excluding diaryl/α,β-unsaturated/α-hetero) is 1. The van der Waals surface area contributed by atoms with Crippen molar-refractivity contribution in [1.82, 2.24) is 9.88 Å². The number of aromatic nitrogens is 1. The molecule has 0 saturated carbocycles. The quantitative estimate of drug-likeness (QED) is 0.780. The van der Waals surface area contributed by atoms with Gasteiger partial charge in [0.05, 0.1) is 18.3 Å². The maximum Gasteiger partial charge on any atom is 0.184 e. The molecule has 1 aromatic heterocycles. The highest BCUT2D eigenvalue weighted by Gasteiger charge is 2.35. The van der Waals surface area contributed by atoms with Crippen LogP contribution < -0.4 is 4.74 Å². The van der Waals surface area contributed by atoms with Crippen molar-refractivity contribution in [1.29, 1.82) is 0 Å². The van der Waals surface area contributed by atoms with Gasteiger partial charge in [-0.05, 0) is 52.8 Å². The number of ether oxygens (including phenoxy) is 1. The van der Waals surface area contributed by atoms with Gasteiger partial charge in [-0.15, -0.1) is 0 Å². The maximum atomic E-state index is 12.9. The molecule has 1 aliphatic rings. The van der Waals surface area contributed by atoms with Crippen molar-refractivity contribution in [2.45, 2.75) is 52.0 Å². The first-order chi connectivity index (χ1) is 10.1. The molecule has 0 amide bonds. The van der Waals surface area contributed by atoms with Crippen LogP contribution >= 0.6 is 0 Å². The van der Waals surface area contributed by atoms with Crippen LogP contribution in [0.2, 0.25) is 0 Å². The predicted molar refractivity (Wildman–Crippen MR) is 83.9 cm³/mol. The zero-order chi connectivity index (χ0) is 15.3. The second kappa shape index (κ2) is 7.03. The van der Waals surface area contributed by atoms with Gasteiger partial charge in [0, 0.05) is 11.8 Å². The van der Waals surface area contributed by atoms with Crippen molar-refractivity contribution >= 4 is 5.78 Å². The third-order valence-corrected chi connectivity index (χ3v) is 4.24. The number of ketones is 1. The van der Waals surface area contributed by atoms with Crippen LogP contribution in [0.1, 0.15) is 56.8 Å². The lowest BCUT2D eigenvalue weighted by atomic mass is 9.91. The minimum Gasteiger partial charge on any atom is -0.492 e. The molecule has 1 aromatic rings. The molecule has 1 saturated heterocycles. The van der Waals surface area contributed by atoms with E-state index in [1.54, 1.807) is 18.5 Å². The molecule has 0 spiro atoms. The molecule has 0 aliphatic carbocycles. The van der Waals surface area contributed by atoms with E-state index >= 15 is 0 Å². The third kappa shape index (κ3) is 3.82. The SMILES string of the molecule is CCOc1cncc(C(=O)C(C)(C)N2CCCCCC2)c1. The number of likely N-dealkylation sites (tertiary alicyclic amines) is 1. The lowest BCUT2D eigenvalue weighted by molar-refractivity contribution is 0.0649. The zero-order valence-electron chi connectivity index (χ0n) is 13.4. The fourth-order valence-electron chi connectivity index (χ4n) is 2.92. The van der Waals surface area contributed by atoms with Crippen LogP contribution in [0.5, 0.6) is 5.75 Å². The molecule has 116 valence electrons. The van der Waals surface area contributed by atoms with Gasteiger partial charge in [-0.25, -0.2) is 0 Å². The average Bonchev–Trinajstić information content (AvgIpc) is 2.76. The fourth-order valence-corrected chi connectivity index (χ4v) is 2.92. The Balaban J connectivity index is 2.18. The van der Waals surface area contributed by atoms with Crippen LogP contribution in [0, 0.1) is 0 Å². The number of pyridine rings is 1. The minimum absolute atomic E-state index is 0.124. The van der Waals surface area contributed by atoms with Gasteiger partial charge in [-0.2, -0.15) is 0 Å². The van der Waals surface area contributed by atoms with Gasteiger partial charge in [0.15, 0.2) is 5.78 Å². The monoisotopic (exact) mass is 290 g/mol. The fraction of sp³-hybridized carbons (Fsp3) is 0.647. The standard InChI is InChI=1S/C17H26N2O2/c1-4-21-15-11-14(12-18-13-15)16(20)17(2,3)19-9-7-5-6-8-10-19/h11-13H,4-10H2,1-3H3. The summed E-state index contributed by atoms with van der Waals surface area (Å²) in [6, 6.07) is 1.80. The van der Waals surface area contributed by atoms with Crippen LogP contribution in [0.15, 0.2) is 18.5 Å². The average molecular weight is 290 g/mol. The summed E-state index contributed by atoms with van der Waals surface area (Å²) < 4.78 is 5.45. The number of nitrogens with zero attached hydrogens (tertiary/aromatic N) is 2. The van der Waals surface area contributed by atoms with E-state index in [0.29, 0.717) is 17.9 Å². The summed E-state index contributed by atoms with van der Waals surface area (Å²) in [5.74, 6) is 0.786.